The summed E-state index contributed by atoms with van der Waals surface area (Å²) in [5, 5.41) is 3.65. The molecule has 0 unspecified atom stereocenters. The van der Waals surface area contributed by atoms with Gasteiger partial charge in [-0.2, -0.15) is 0 Å². The van der Waals surface area contributed by atoms with E-state index < -0.39 is 0 Å². The van der Waals surface area contributed by atoms with Gasteiger partial charge in [-0.05, 0) is 46.7 Å². The molecule has 2 rings (SSSR count). The third-order valence-electron chi connectivity index (χ3n) is 4.42. The van der Waals surface area contributed by atoms with Gasteiger partial charge in [0.25, 0.3) is 0 Å². The zero-order valence-electron chi connectivity index (χ0n) is 13.4. The molecule has 1 fully saturated rings. The van der Waals surface area contributed by atoms with Crippen LogP contribution in [0.15, 0.2) is 6.33 Å². The third kappa shape index (κ3) is 4.60. The molecule has 1 saturated heterocycles. The summed E-state index contributed by atoms with van der Waals surface area (Å²) in [4.78, 5) is 6.97. The summed E-state index contributed by atoms with van der Waals surface area (Å²) >= 11 is 0. The number of nitrogens with zero attached hydrogens (tertiary/aromatic N) is 3. The van der Waals surface area contributed by atoms with E-state index in [4.69, 9.17) is 0 Å². The summed E-state index contributed by atoms with van der Waals surface area (Å²) in [6.45, 7) is 12.3. The van der Waals surface area contributed by atoms with E-state index in [-0.39, 0.29) is 0 Å². The van der Waals surface area contributed by atoms with Gasteiger partial charge in [0.2, 0.25) is 0 Å². The summed E-state index contributed by atoms with van der Waals surface area (Å²) in [6.07, 6.45) is 7.53. The van der Waals surface area contributed by atoms with Gasteiger partial charge in [0.05, 0.1) is 12.0 Å². The highest BCUT2D eigenvalue weighted by Gasteiger charge is 2.12. The lowest BCUT2D eigenvalue weighted by molar-refractivity contribution is 0.255. The van der Waals surface area contributed by atoms with Crippen LogP contribution in [0.4, 0.5) is 0 Å². The molecule has 0 aromatic carbocycles. The Kier molecular flexibility index (Phi) is 6.05. The van der Waals surface area contributed by atoms with Gasteiger partial charge < -0.3 is 14.8 Å². The van der Waals surface area contributed by atoms with Gasteiger partial charge in [0.1, 0.15) is 0 Å². The third-order valence-corrected chi connectivity index (χ3v) is 4.42. The predicted octanol–water partition coefficient (Wildman–Crippen LogP) is 2.35. The first-order valence-electron chi connectivity index (χ1n) is 8.11. The average molecular weight is 278 g/mol. The lowest BCUT2D eigenvalue weighted by Gasteiger charge is -2.24. The molecule has 0 bridgehead atoms. The molecule has 2 heterocycles. The van der Waals surface area contributed by atoms with Crippen molar-refractivity contribution < 1.29 is 0 Å². The SMILES string of the molecule is Cc1ncn(CCN[C@H](C)CN2CCCCCC2)c1C. The Morgan fingerprint density at radius 3 is 2.50 bits per heavy atom. The van der Waals surface area contributed by atoms with Crippen LogP contribution >= 0.6 is 0 Å². The van der Waals surface area contributed by atoms with E-state index in [1.807, 2.05) is 6.33 Å². The first-order valence-corrected chi connectivity index (χ1v) is 8.11. The van der Waals surface area contributed by atoms with Crippen LogP contribution < -0.4 is 5.32 Å². The molecule has 0 amide bonds. The maximum Gasteiger partial charge on any atom is 0.0951 e. The summed E-state index contributed by atoms with van der Waals surface area (Å²) in [5.41, 5.74) is 2.43. The molecule has 4 nitrogen and oxygen atoms in total. The Morgan fingerprint density at radius 2 is 1.90 bits per heavy atom. The molecular weight excluding hydrogens is 248 g/mol. The minimum atomic E-state index is 0.568. The van der Waals surface area contributed by atoms with Crippen molar-refractivity contribution in [2.75, 3.05) is 26.2 Å². The van der Waals surface area contributed by atoms with E-state index in [2.05, 4.69) is 40.5 Å². The molecule has 1 aromatic heterocycles. The molecule has 0 saturated carbocycles. The molecule has 0 spiro atoms. The zero-order chi connectivity index (χ0) is 14.4. The van der Waals surface area contributed by atoms with E-state index >= 15 is 0 Å². The van der Waals surface area contributed by atoms with Gasteiger partial charge in [0.15, 0.2) is 0 Å². The van der Waals surface area contributed by atoms with Crippen LogP contribution in [0.3, 0.4) is 0 Å². The summed E-state index contributed by atoms with van der Waals surface area (Å²) in [6, 6.07) is 0.568. The minimum absolute atomic E-state index is 0.568. The molecule has 1 atom stereocenters. The second-order valence-electron chi connectivity index (χ2n) is 6.18. The summed E-state index contributed by atoms with van der Waals surface area (Å²) in [7, 11) is 0. The zero-order valence-corrected chi connectivity index (χ0v) is 13.4. The fourth-order valence-corrected chi connectivity index (χ4v) is 2.97. The van der Waals surface area contributed by atoms with Crippen molar-refractivity contribution in [3.05, 3.63) is 17.7 Å². The van der Waals surface area contributed by atoms with Gasteiger partial charge in [0, 0.05) is 31.4 Å². The highest BCUT2D eigenvalue weighted by Crippen LogP contribution is 2.09. The van der Waals surface area contributed by atoms with Crippen LogP contribution in [-0.2, 0) is 6.54 Å². The van der Waals surface area contributed by atoms with E-state index in [9.17, 15) is 0 Å². The van der Waals surface area contributed by atoms with Crippen LogP contribution in [0.2, 0.25) is 0 Å². The maximum absolute atomic E-state index is 4.34. The molecule has 1 aromatic rings. The lowest BCUT2D eigenvalue weighted by Crippen LogP contribution is -2.40. The molecule has 4 heteroatoms. The van der Waals surface area contributed by atoms with Crippen molar-refractivity contribution in [2.24, 2.45) is 0 Å². The van der Waals surface area contributed by atoms with Crippen LogP contribution in [0.1, 0.15) is 44.0 Å². The molecule has 1 aliphatic heterocycles. The Balaban J connectivity index is 1.67. The van der Waals surface area contributed by atoms with Crippen molar-refractivity contribution in [1.29, 1.82) is 0 Å². The number of rotatable bonds is 6. The minimum Gasteiger partial charge on any atom is -0.333 e. The largest absolute Gasteiger partial charge is 0.333 e. The molecule has 1 N–H and O–H groups in total. The first kappa shape index (κ1) is 15.5. The van der Waals surface area contributed by atoms with Gasteiger partial charge in [-0.1, -0.05) is 12.8 Å². The fourth-order valence-electron chi connectivity index (χ4n) is 2.97. The maximum atomic E-state index is 4.34. The number of imidazole rings is 1. The van der Waals surface area contributed by atoms with Crippen molar-refractivity contribution in [3.8, 4) is 0 Å². The molecule has 0 aliphatic carbocycles. The lowest BCUT2D eigenvalue weighted by atomic mass is 10.2. The molecule has 114 valence electrons. The van der Waals surface area contributed by atoms with Crippen LogP contribution in [0.5, 0.6) is 0 Å². The molecule has 1 aliphatic rings. The normalized spacial score (nSPS) is 18.9. The van der Waals surface area contributed by atoms with E-state index in [0.717, 1.165) is 18.8 Å². The summed E-state index contributed by atoms with van der Waals surface area (Å²) in [5.74, 6) is 0. The highest BCUT2D eigenvalue weighted by atomic mass is 15.2. The van der Waals surface area contributed by atoms with Crippen LogP contribution in [0, 0.1) is 13.8 Å². The molecule has 20 heavy (non-hydrogen) atoms. The number of hydrogen-bond acceptors (Lipinski definition) is 3. The van der Waals surface area contributed by atoms with Crippen molar-refractivity contribution in [1.82, 2.24) is 19.8 Å². The van der Waals surface area contributed by atoms with Crippen molar-refractivity contribution in [3.63, 3.8) is 0 Å². The van der Waals surface area contributed by atoms with Crippen molar-refractivity contribution in [2.45, 2.75) is 59.0 Å². The van der Waals surface area contributed by atoms with Gasteiger partial charge in [-0.3, -0.25) is 0 Å². The number of aryl methyl sites for hydroxylation is 1. The van der Waals surface area contributed by atoms with E-state index in [0.29, 0.717) is 6.04 Å². The number of likely N-dealkylation sites (tertiary alicyclic amines) is 1. The molecule has 0 radical (unpaired) electrons. The highest BCUT2D eigenvalue weighted by molar-refractivity contribution is 5.08. The number of hydrogen-bond donors (Lipinski definition) is 1. The summed E-state index contributed by atoms with van der Waals surface area (Å²) < 4.78 is 2.24. The van der Waals surface area contributed by atoms with Gasteiger partial charge in [-0.25, -0.2) is 4.98 Å². The Hall–Kier alpha value is -0.870. The number of nitrogens with one attached hydrogen (secondary N) is 1. The van der Waals surface area contributed by atoms with Gasteiger partial charge >= 0.3 is 0 Å². The monoisotopic (exact) mass is 278 g/mol. The van der Waals surface area contributed by atoms with E-state index in [1.54, 1.807) is 0 Å². The fraction of sp³-hybridized carbons (Fsp3) is 0.812. The average Bonchev–Trinajstić information content (AvgIpc) is 2.65. The topological polar surface area (TPSA) is 33.1 Å². The Labute approximate surface area is 123 Å². The van der Waals surface area contributed by atoms with Crippen LogP contribution in [0.25, 0.3) is 0 Å². The Bertz CT molecular complexity index is 391. The number of aromatic nitrogens is 2. The molecular formula is C16H30N4. The standard InChI is InChI=1S/C16H30N4/c1-14(12-19-9-6-4-5-7-10-19)17-8-11-20-13-18-15(2)16(20)3/h13-14,17H,4-12H2,1-3H3/t14-/m1/s1. The second-order valence-corrected chi connectivity index (χ2v) is 6.18. The smallest absolute Gasteiger partial charge is 0.0951 e. The predicted molar refractivity (Wildman–Crippen MR) is 84.1 cm³/mol. The first-order chi connectivity index (χ1) is 9.66. The second kappa shape index (κ2) is 7.79. The van der Waals surface area contributed by atoms with Gasteiger partial charge in [-0.15, -0.1) is 0 Å². The van der Waals surface area contributed by atoms with Crippen LogP contribution in [-0.4, -0.2) is 46.7 Å². The Morgan fingerprint density at radius 1 is 1.20 bits per heavy atom. The quantitative estimate of drug-likeness (QED) is 0.867. The van der Waals surface area contributed by atoms with Crippen molar-refractivity contribution >= 4 is 0 Å². The van der Waals surface area contributed by atoms with E-state index in [1.165, 1.54) is 51.0 Å².